The molecule has 1 amide bonds. The molecule has 3 aromatic carbocycles. The molecule has 0 bridgehead atoms. The molecule has 0 radical (unpaired) electrons. The number of halogens is 3. The van der Waals surface area contributed by atoms with Gasteiger partial charge >= 0.3 is 0 Å². The Hall–Kier alpha value is -3.04. The minimum atomic E-state index is -1.03. The van der Waals surface area contributed by atoms with E-state index in [2.05, 4.69) is 10.6 Å². The van der Waals surface area contributed by atoms with E-state index in [-0.39, 0.29) is 45.5 Å². The van der Waals surface area contributed by atoms with Gasteiger partial charge in [0.05, 0.1) is 22.3 Å². The first-order valence-corrected chi connectivity index (χ1v) is 14.9. The smallest absolute Gasteiger partial charge is 0.251 e. The summed E-state index contributed by atoms with van der Waals surface area (Å²) in [7, 11) is 1.45. The third-order valence-corrected chi connectivity index (χ3v) is 9.59. The van der Waals surface area contributed by atoms with Gasteiger partial charge < -0.3 is 25.6 Å². The first-order valence-electron chi connectivity index (χ1n) is 14.5. The average Bonchev–Trinajstić information content (AvgIpc) is 3.54. The van der Waals surface area contributed by atoms with Crippen molar-refractivity contribution in [2.45, 2.75) is 75.2 Å². The molecule has 6 rings (SSSR count). The lowest BCUT2D eigenvalue weighted by Crippen LogP contribution is -2.48. The number of fused-ring (bicyclic) bond motifs is 2. The van der Waals surface area contributed by atoms with Gasteiger partial charge in [0, 0.05) is 54.4 Å². The van der Waals surface area contributed by atoms with E-state index in [1.165, 1.54) is 13.1 Å². The molecule has 0 spiro atoms. The van der Waals surface area contributed by atoms with E-state index < -0.39 is 34.8 Å². The van der Waals surface area contributed by atoms with E-state index in [0.717, 1.165) is 18.4 Å². The molecule has 2 atom stereocenters. The minimum Gasteiger partial charge on any atom is -0.480 e. The van der Waals surface area contributed by atoms with Crippen molar-refractivity contribution in [2.24, 2.45) is 0 Å². The first kappa shape index (κ1) is 29.1. The average molecular weight is 597 g/mol. The number of carbonyl (C=O) groups excluding carboxylic acids is 1. The zero-order valence-electron chi connectivity index (χ0n) is 23.7. The molecule has 9 heteroatoms. The Morgan fingerprint density at radius 2 is 1.83 bits per heavy atom. The third-order valence-electron chi connectivity index (χ3n) is 9.22. The summed E-state index contributed by atoms with van der Waals surface area (Å²) in [6.07, 6.45) is 2.93. The van der Waals surface area contributed by atoms with Crippen LogP contribution in [0, 0.1) is 11.6 Å². The predicted molar refractivity (Wildman–Crippen MR) is 157 cm³/mol. The van der Waals surface area contributed by atoms with Crippen LogP contribution in [0.1, 0.15) is 77.7 Å². The van der Waals surface area contributed by atoms with E-state index in [0.29, 0.717) is 43.4 Å². The summed E-state index contributed by atoms with van der Waals surface area (Å²) in [4.78, 5) is 13.1. The fourth-order valence-corrected chi connectivity index (χ4v) is 7.10. The van der Waals surface area contributed by atoms with Crippen molar-refractivity contribution >= 4 is 17.5 Å². The molecule has 1 heterocycles. The van der Waals surface area contributed by atoms with Crippen LogP contribution in [0.15, 0.2) is 42.5 Å². The number of aliphatic hydroxyl groups is 2. The topological polar surface area (TPSA) is 90.8 Å². The molecule has 0 unspecified atom stereocenters. The van der Waals surface area contributed by atoms with Gasteiger partial charge in [-0.1, -0.05) is 41.9 Å². The van der Waals surface area contributed by atoms with Gasteiger partial charge in [-0.05, 0) is 62.6 Å². The molecular weight excluding hydrogens is 562 g/mol. The third kappa shape index (κ3) is 4.98. The van der Waals surface area contributed by atoms with Gasteiger partial charge in [0.15, 0.2) is 5.60 Å². The lowest BCUT2D eigenvalue weighted by Gasteiger charge is -2.36. The number of amides is 1. The summed E-state index contributed by atoms with van der Waals surface area (Å²) in [6, 6.07) is 12.6. The number of rotatable bonds is 6. The molecule has 42 heavy (non-hydrogen) atoms. The minimum absolute atomic E-state index is 0.0298. The quantitative estimate of drug-likeness (QED) is 0.291. The molecular formula is C33H35ClF2N2O4. The van der Waals surface area contributed by atoms with Gasteiger partial charge in [-0.25, -0.2) is 8.78 Å². The lowest BCUT2D eigenvalue weighted by molar-refractivity contribution is 0.0104. The van der Waals surface area contributed by atoms with Gasteiger partial charge in [0.2, 0.25) is 0 Å². The van der Waals surface area contributed by atoms with Gasteiger partial charge in [0.1, 0.15) is 17.4 Å². The Kier molecular flexibility index (Phi) is 7.54. The summed E-state index contributed by atoms with van der Waals surface area (Å²) < 4.78 is 38.5. The highest BCUT2D eigenvalue weighted by atomic mass is 35.5. The van der Waals surface area contributed by atoms with Gasteiger partial charge in [-0.2, -0.15) is 0 Å². The van der Waals surface area contributed by atoms with Crippen LogP contribution in [0.4, 0.5) is 8.78 Å². The molecule has 1 fully saturated rings. The molecule has 0 saturated heterocycles. The summed E-state index contributed by atoms with van der Waals surface area (Å²) >= 11 is 6.62. The molecule has 0 aromatic heterocycles. The normalized spacial score (nSPS) is 26.5. The number of ether oxygens (including phenoxy) is 1. The van der Waals surface area contributed by atoms with Crippen LogP contribution in [0.25, 0.3) is 11.1 Å². The Labute approximate surface area is 249 Å². The van der Waals surface area contributed by atoms with E-state index >= 15 is 8.78 Å². The monoisotopic (exact) mass is 596 g/mol. The van der Waals surface area contributed by atoms with Crippen molar-refractivity contribution in [2.75, 3.05) is 13.6 Å². The number of aryl methyl sites for hydroxylation is 1. The van der Waals surface area contributed by atoms with Gasteiger partial charge in [-0.15, -0.1) is 0 Å². The van der Waals surface area contributed by atoms with Crippen LogP contribution in [-0.4, -0.2) is 41.4 Å². The molecule has 4 N–H and O–H groups in total. The van der Waals surface area contributed by atoms with Crippen molar-refractivity contribution in [3.05, 3.63) is 86.9 Å². The SMILES string of the molecule is CNC(=O)c1cc2c(c(F)c1-c1c(Cl)c(F)cc3c1C[C@@](CN[C@H]1CC[C@](C)(O)CC1)(c1ccccc1)O3)[C@@H](O)CC2. The van der Waals surface area contributed by atoms with E-state index in [9.17, 15) is 15.0 Å². The maximum Gasteiger partial charge on any atom is 0.251 e. The molecule has 6 nitrogen and oxygen atoms in total. The highest BCUT2D eigenvalue weighted by molar-refractivity contribution is 6.34. The van der Waals surface area contributed by atoms with Gasteiger partial charge in [0.25, 0.3) is 5.91 Å². The number of carbonyl (C=O) groups is 1. The fourth-order valence-electron chi connectivity index (χ4n) is 6.84. The second kappa shape index (κ2) is 10.9. The number of aliphatic hydroxyl groups excluding tert-OH is 1. The fraction of sp³-hybridized carbons (Fsp3) is 0.424. The van der Waals surface area contributed by atoms with Crippen LogP contribution in [0.3, 0.4) is 0 Å². The standard InChI is InChI=1S/C33H35ClF2N2O4/c1-32(41)12-10-20(11-13-32)38-17-33(19-6-4-3-5-7-19)16-22-25(42-33)15-23(35)29(34)27(22)28-21(31(40)37-2)14-18-8-9-24(39)26(18)30(28)36/h3-7,14-15,20,24,38-39,41H,8-13,16-17H2,1-2H3,(H,37,40)/t20-,24-,32-,33+/m0/s1. The van der Waals surface area contributed by atoms with Crippen molar-refractivity contribution in [3.8, 4) is 16.9 Å². The maximum absolute atomic E-state index is 16.4. The molecule has 1 saturated carbocycles. The zero-order chi connectivity index (χ0) is 29.8. The largest absolute Gasteiger partial charge is 0.480 e. The number of benzene rings is 3. The molecule has 3 aromatic rings. The summed E-state index contributed by atoms with van der Waals surface area (Å²) in [5.74, 6) is -1.87. The summed E-state index contributed by atoms with van der Waals surface area (Å²) in [5, 5.41) is 26.9. The van der Waals surface area contributed by atoms with E-state index in [4.69, 9.17) is 16.3 Å². The predicted octanol–water partition coefficient (Wildman–Crippen LogP) is 5.74. The summed E-state index contributed by atoms with van der Waals surface area (Å²) in [5.41, 5.74) is 0.351. The van der Waals surface area contributed by atoms with Crippen molar-refractivity contribution in [1.82, 2.24) is 10.6 Å². The van der Waals surface area contributed by atoms with Crippen LogP contribution in [0.2, 0.25) is 5.02 Å². The Morgan fingerprint density at radius 1 is 1.12 bits per heavy atom. The molecule has 1 aliphatic heterocycles. The number of hydrogen-bond acceptors (Lipinski definition) is 5. The lowest BCUT2D eigenvalue weighted by atomic mass is 9.82. The first-order chi connectivity index (χ1) is 20.0. The van der Waals surface area contributed by atoms with Crippen molar-refractivity contribution < 1.29 is 28.5 Å². The van der Waals surface area contributed by atoms with Crippen LogP contribution >= 0.6 is 11.6 Å². The molecule has 222 valence electrons. The Bertz CT molecular complexity index is 1540. The van der Waals surface area contributed by atoms with Gasteiger partial charge in [-0.3, -0.25) is 4.79 Å². The number of nitrogens with one attached hydrogen (secondary N) is 2. The number of hydrogen-bond donors (Lipinski definition) is 4. The van der Waals surface area contributed by atoms with E-state index in [1.54, 1.807) is 6.07 Å². The van der Waals surface area contributed by atoms with Crippen molar-refractivity contribution in [1.29, 1.82) is 0 Å². The van der Waals surface area contributed by atoms with E-state index in [1.807, 2.05) is 37.3 Å². The zero-order valence-corrected chi connectivity index (χ0v) is 24.5. The molecule has 2 aliphatic carbocycles. The second-order valence-electron chi connectivity index (χ2n) is 12.1. The highest BCUT2D eigenvalue weighted by Gasteiger charge is 2.45. The van der Waals surface area contributed by atoms with Crippen LogP contribution in [0.5, 0.6) is 5.75 Å². The van der Waals surface area contributed by atoms with Crippen LogP contribution in [-0.2, 0) is 18.4 Å². The van der Waals surface area contributed by atoms with Crippen molar-refractivity contribution in [3.63, 3.8) is 0 Å². The van der Waals surface area contributed by atoms with Crippen LogP contribution < -0.4 is 15.4 Å². The maximum atomic E-state index is 16.4. The second-order valence-corrected chi connectivity index (χ2v) is 12.5. The summed E-state index contributed by atoms with van der Waals surface area (Å²) in [6.45, 7) is 2.24. The Balaban J connectivity index is 1.47. The molecule has 3 aliphatic rings. The highest BCUT2D eigenvalue weighted by Crippen LogP contribution is 2.51. The Morgan fingerprint density at radius 3 is 2.52 bits per heavy atom.